The summed E-state index contributed by atoms with van der Waals surface area (Å²) in [4.78, 5) is 26.3. The zero-order chi connectivity index (χ0) is 17.2. The summed E-state index contributed by atoms with van der Waals surface area (Å²) in [6.45, 7) is 2.26. The molecule has 1 saturated heterocycles. The molecule has 0 saturated carbocycles. The van der Waals surface area contributed by atoms with E-state index in [1.165, 1.54) is 29.7 Å². The second-order valence-corrected chi connectivity index (χ2v) is 6.89. The van der Waals surface area contributed by atoms with E-state index in [0.717, 1.165) is 25.4 Å². The number of piperidine rings is 1. The zero-order valence-corrected chi connectivity index (χ0v) is 14.2. The molecule has 4 heteroatoms. The summed E-state index contributed by atoms with van der Waals surface area (Å²) in [5, 5.41) is 3.40. The van der Waals surface area contributed by atoms with Gasteiger partial charge in [0, 0.05) is 0 Å². The van der Waals surface area contributed by atoms with Crippen LogP contribution in [0, 0.1) is 5.92 Å². The molecule has 4 rings (SSSR count). The van der Waals surface area contributed by atoms with Crippen LogP contribution in [-0.4, -0.2) is 24.9 Å². The molecule has 0 radical (unpaired) electrons. The van der Waals surface area contributed by atoms with Gasteiger partial charge in [0.2, 0.25) is 0 Å². The number of benzene rings is 2. The third-order valence-corrected chi connectivity index (χ3v) is 5.29. The maximum absolute atomic E-state index is 12.5. The first kappa shape index (κ1) is 16.0. The molecule has 0 bridgehead atoms. The summed E-state index contributed by atoms with van der Waals surface area (Å²) in [6.07, 6.45) is 4.77. The van der Waals surface area contributed by atoms with Gasteiger partial charge in [0.15, 0.2) is 0 Å². The molecular weight excluding hydrogens is 312 g/mol. The van der Waals surface area contributed by atoms with Gasteiger partial charge >= 0.3 is 0 Å². The normalized spacial score (nSPS) is 17.8. The fraction of sp³-hybridized carbons (Fsp3) is 0.333. The first-order chi connectivity index (χ1) is 12.2. The van der Waals surface area contributed by atoms with Crippen LogP contribution < -0.4 is 10.2 Å². The van der Waals surface area contributed by atoms with Crippen LogP contribution in [0.1, 0.15) is 45.5 Å². The van der Waals surface area contributed by atoms with Crippen LogP contribution in [0.2, 0.25) is 0 Å². The highest BCUT2D eigenvalue weighted by molar-refractivity contribution is 6.34. The summed E-state index contributed by atoms with van der Waals surface area (Å²) < 4.78 is 0. The van der Waals surface area contributed by atoms with E-state index >= 15 is 0 Å². The molecule has 1 N–H and O–H groups in total. The largest absolute Gasteiger partial charge is 0.317 e. The lowest BCUT2D eigenvalue weighted by Gasteiger charge is -2.22. The second-order valence-electron chi connectivity index (χ2n) is 6.89. The van der Waals surface area contributed by atoms with E-state index in [4.69, 9.17) is 0 Å². The lowest BCUT2D eigenvalue weighted by Crippen LogP contribution is -2.29. The minimum Gasteiger partial charge on any atom is -0.317 e. The van der Waals surface area contributed by atoms with Crippen molar-refractivity contribution in [2.24, 2.45) is 5.92 Å². The zero-order valence-electron chi connectivity index (χ0n) is 14.2. The molecule has 0 aromatic heterocycles. The number of anilines is 1. The summed E-state index contributed by atoms with van der Waals surface area (Å²) in [6, 6.07) is 14.9. The third-order valence-electron chi connectivity index (χ3n) is 5.29. The van der Waals surface area contributed by atoms with Crippen molar-refractivity contribution in [1.29, 1.82) is 0 Å². The van der Waals surface area contributed by atoms with Gasteiger partial charge in [-0.25, -0.2) is 4.90 Å². The molecule has 2 aromatic rings. The fourth-order valence-corrected chi connectivity index (χ4v) is 3.78. The van der Waals surface area contributed by atoms with Crippen molar-refractivity contribution in [3.05, 3.63) is 65.2 Å². The summed E-state index contributed by atoms with van der Waals surface area (Å²) >= 11 is 0. The van der Waals surface area contributed by atoms with Gasteiger partial charge in [-0.05, 0) is 74.5 Å². The first-order valence-corrected chi connectivity index (χ1v) is 9.01. The average molecular weight is 334 g/mol. The number of hydrogen-bond acceptors (Lipinski definition) is 3. The Kier molecular flexibility index (Phi) is 4.36. The van der Waals surface area contributed by atoms with Gasteiger partial charge in [-0.2, -0.15) is 0 Å². The van der Waals surface area contributed by atoms with E-state index in [9.17, 15) is 9.59 Å². The van der Waals surface area contributed by atoms with Crippen molar-refractivity contribution in [2.75, 3.05) is 18.0 Å². The molecule has 0 atom stereocenters. The van der Waals surface area contributed by atoms with Gasteiger partial charge in [0.1, 0.15) is 0 Å². The number of hydrogen-bond donors (Lipinski definition) is 1. The Morgan fingerprint density at radius 2 is 1.48 bits per heavy atom. The highest BCUT2D eigenvalue weighted by atomic mass is 16.2. The SMILES string of the molecule is O=C1c2ccccc2C(=O)N1c1ccc(CCC2CCNCC2)cc1. The number of aryl methyl sites for hydroxylation is 1. The lowest BCUT2D eigenvalue weighted by molar-refractivity contribution is 0.0926. The van der Waals surface area contributed by atoms with Gasteiger partial charge in [-0.3, -0.25) is 9.59 Å². The van der Waals surface area contributed by atoms with Crippen molar-refractivity contribution < 1.29 is 9.59 Å². The molecule has 2 aliphatic heterocycles. The third kappa shape index (κ3) is 3.10. The van der Waals surface area contributed by atoms with Crippen LogP contribution in [0.3, 0.4) is 0 Å². The van der Waals surface area contributed by atoms with Gasteiger partial charge in [-0.15, -0.1) is 0 Å². The molecule has 1 fully saturated rings. The summed E-state index contributed by atoms with van der Waals surface area (Å²) in [5.41, 5.74) is 2.89. The number of nitrogens with one attached hydrogen (secondary N) is 1. The Morgan fingerprint density at radius 1 is 0.880 bits per heavy atom. The molecule has 2 aromatic carbocycles. The van der Waals surface area contributed by atoms with Crippen LogP contribution in [0.15, 0.2) is 48.5 Å². The van der Waals surface area contributed by atoms with E-state index in [-0.39, 0.29) is 11.8 Å². The van der Waals surface area contributed by atoms with Gasteiger partial charge in [0.25, 0.3) is 11.8 Å². The second kappa shape index (κ2) is 6.81. The molecule has 2 amide bonds. The van der Waals surface area contributed by atoms with Crippen LogP contribution >= 0.6 is 0 Å². The van der Waals surface area contributed by atoms with Gasteiger partial charge < -0.3 is 5.32 Å². The Bertz CT molecular complexity index is 757. The molecule has 128 valence electrons. The summed E-state index contributed by atoms with van der Waals surface area (Å²) in [5.74, 6) is 0.336. The number of carbonyl (C=O) groups is 2. The van der Waals surface area contributed by atoms with E-state index in [0.29, 0.717) is 16.8 Å². The molecule has 4 nitrogen and oxygen atoms in total. The quantitative estimate of drug-likeness (QED) is 0.872. The van der Waals surface area contributed by atoms with Gasteiger partial charge in [-0.1, -0.05) is 24.3 Å². The topological polar surface area (TPSA) is 49.4 Å². The van der Waals surface area contributed by atoms with E-state index < -0.39 is 0 Å². The summed E-state index contributed by atoms with van der Waals surface area (Å²) in [7, 11) is 0. The van der Waals surface area contributed by atoms with Crippen LogP contribution in [-0.2, 0) is 6.42 Å². The van der Waals surface area contributed by atoms with Crippen molar-refractivity contribution in [3.8, 4) is 0 Å². The number of rotatable bonds is 4. The van der Waals surface area contributed by atoms with E-state index in [1.54, 1.807) is 24.3 Å². The minimum atomic E-state index is -0.233. The first-order valence-electron chi connectivity index (χ1n) is 9.01. The number of nitrogens with zero attached hydrogens (tertiary/aromatic N) is 1. The number of carbonyl (C=O) groups excluding carboxylic acids is 2. The molecule has 2 aliphatic rings. The smallest absolute Gasteiger partial charge is 0.266 e. The molecule has 0 spiro atoms. The average Bonchev–Trinajstić information content (AvgIpc) is 2.93. The highest BCUT2D eigenvalue weighted by Gasteiger charge is 2.36. The van der Waals surface area contributed by atoms with Crippen molar-refractivity contribution >= 4 is 17.5 Å². The van der Waals surface area contributed by atoms with Crippen molar-refractivity contribution in [3.63, 3.8) is 0 Å². The maximum Gasteiger partial charge on any atom is 0.266 e. The highest BCUT2D eigenvalue weighted by Crippen LogP contribution is 2.28. The predicted molar refractivity (Wildman–Crippen MR) is 97.9 cm³/mol. The lowest BCUT2D eigenvalue weighted by atomic mass is 9.91. The molecule has 0 aliphatic carbocycles. The maximum atomic E-state index is 12.5. The monoisotopic (exact) mass is 334 g/mol. The molecule has 2 heterocycles. The standard InChI is InChI=1S/C21H22N2O2/c24-20-18-3-1-2-4-19(18)21(25)23(20)17-9-7-15(8-10-17)5-6-16-11-13-22-14-12-16/h1-4,7-10,16,22H,5-6,11-14H2. The van der Waals surface area contributed by atoms with E-state index in [2.05, 4.69) is 5.32 Å². The van der Waals surface area contributed by atoms with Gasteiger partial charge in [0.05, 0.1) is 16.8 Å². The van der Waals surface area contributed by atoms with Crippen LogP contribution in [0.25, 0.3) is 0 Å². The Morgan fingerprint density at radius 3 is 2.08 bits per heavy atom. The number of imide groups is 1. The predicted octanol–water partition coefficient (Wildman–Crippen LogP) is 3.42. The van der Waals surface area contributed by atoms with Crippen molar-refractivity contribution in [2.45, 2.75) is 25.7 Å². The van der Waals surface area contributed by atoms with E-state index in [1.807, 2.05) is 24.3 Å². The minimum absolute atomic E-state index is 0.233. The Balaban J connectivity index is 1.46. The van der Waals surface area contributed by atoms with Crippen LogP contribution in [0.4, 0.5) is 5.69 Å². The molecular formula is C21H22N2O2. The van der Waals surface area contributed by atoms with Crippen molar-refractivity contribution in [1.82, 2.24) is 5.32 Å². The Hall–Kier alpha value is -2.46. The van der Waals surface area contributed by atoms with Crippen LogP contribution in [0.5, 0.6) is 0 Å². The molecule has 0 unspecified atom stereocenters. The molecule has 25 heavy (non-hydrogen) atoms. The fourth-order valence-electron chi connectivity index (χ4n) is 3.78. The Labute approximate surface area is 147 Å². The number of amides is 2. The number of fused-ring (bicyclic) bond motifs is 1.